The van der Waals surface area contributed by atoms with Crippen molar-refractivity contribution in [2.24, 2.45) is 0 Å². The topological polar surface area (TPSA) is 121 Å². The van der Waals surface area contributed by atoms with Gasteiger partial charge in [0, 0.05) is 12.7 Å². The van der Waals surface area contributed by atoms with E-state index in [1.165, 1.54) is 17.7 Å². The van der Waals surface area contributed by atoms with Gasteiger partial charge in [-0.15, -0.1) is 0 Å². The van der Waals surface area contributed by atoms with Gasteiger partial charge in [0.15, 0.2) is 0 Å². The Bertz CT molecular complexity index is 1540. The number of ether oxygens (including phenoxy) is 1. The molecule has 0 radical (unpaired) electrons. The first-order chi connectivity index (χ1) is 18.0. The molecule has 9 heteroatoms. The van der Waals surface area contributed by atoms with Gasteiger partial charge in [0.25, 0.3) is 0 Å². The molecule has 4 aromatic rings. The van der Waals surface area contributed by atoms with Crippen molar-refractivity contribution in [2.45, 2.75) is 38.4 Å². The number of pyridine rings is 1. The maximum atomic E-state index is 12.6. The fourth-order valence-electron chi connectivity index (χ4n) is 5.10. The molecule has 1 aliphatic carbocycles. The third-order valence-electron chi connectivity index (χ3n) is 6.79. The van der Waals surface area contributed by atoms with Crippen LogP contribution >= 0.6 is 0 Å². The van der Waals surface area contributed by atoms with E-state index in [1.807, 2.05) is 12.1 Å². The maximum Gasteiger partial charge on any atom is 0.417 e. The lowest BCUT2D eigenvalue weighted by molar-refractivity contribution is 0.0596. The van der Waals surface area contributed by atoms with E-state index in [-0.39, 0.29) is 12.6 Å². The van der Waals surface area contributed by atoms with Gasteiger partial charge < -0.3 is 9.84 Å². The number of nitriles is 1. The summed E-state index contributed by atoms with van der Waals surface area (Å²) < 4.78 is 6.21. The first-order valence-electron chi connectivity index (χ1n) is 12.0. The quantitative estimate of drug-likeness (QED) is 0.382. The molecule has 1 unspecified atom stereocenters. The largest absolute Gasteiger partial charge is 0.465 e. The number of hydrogen-bond acceptors (Lipinski definition) is 7. The fraction of sp³-hybridized carbons (Fsp3) is 0.250. The van der Waals surface area contributed by atoms with Crippen molar-refractivity contribution in [2.75, 3.05) is 7.11 Å². The predicted octanol–water partition coefficient (Wildman–Crippen LogP) is 4.70. The van der Waals surface area contributed by atoms with Crippen LogP contribution < -0.4 is 0 Å². The standard InChI is InChI=1S/C28H25N5O4/c1-37-27(34)21-14-18(15-29)11-12-20(21)16-32(24-10-4-6-19-7-5-13-30-26(19)24)17-25-31-22-8-2-3-9-23(22)33(25)28(35)36/h2-3,5,7-9,11-14,24H,4,6,10,16-17H2,1H3,(H,35,36). The molecule has 0 saturated carbocycles. The molecule has 1 N–H and O–H groups in total. The number of nitrogens with zero attached hydrogens (tertiary/aromatic N) is 5. The number of para-hydroxylation sites is 2. The molecule has 0 amide bonds. The van der Waals surface area contributed by atoms with Crippen LogP contribution in [0.15, 0.2) is 60.8 Å². The molecule has 2 aromatic heterocycles. The fourth-order valence-corrected chi connectivity index (χ4v) is 5.10. The van der Waals surface area contributed by atoms with Gasteiger partial charge in [0.2, 0.25) is 0 Å². The van der Waals surface area contributed by atoms with Gasteiger partial charge in [-0.05, 0) is 60.7 Å². The van der Waals surface area contributed by atoms with Crippen molar-refractivity contribution in [1.29, 1.82) is 5.26 Å². The van der Waals surface area contributed by atoms with Gasteiger partial charge in [0.05, 0.1) is 53.6 Å². The molecule has 0 fully saturated rings. The number of aromatic nitrogens is 3. The lowest BCUT2D eigenvalue weighted by atomic mass is 9.90. The van der Waals surface area contributed by atoms with Gasteiger partial charge in [0.1, 0.15) is 5.82 Å². The third-order valence-corrected chi connectivity index (χ3v) is 6.79. The molecule has 1 aliphatic rings. The minimum absolute atomic E-state index is 0.117. The van der Waals surface area contributed by atoms with Crippen molar-refractivity contribution >= 4 is 23.1 Å². The second-order valence-electron chi connectivity index (χ2n) is 8.97. The second kappa shape index (κ2) is 10.2. The Labute approximate surface area is 213 Å². The predicted molar refractivity (Wildman–Crippen MR) is 135 cm³/mol. The zero-order valence-electron chi connectivity index (χ0n) is 20.3. The van der Waals surface area contributed by atoms with Crippen molar-refractivity contribution in [3.63, 3.8) is 0 Å². The Hall–Kier alpha value is -4.55. The zero-order chi connectivity index (χ0) is 25.9. The van der Waals surface area contributed by atoms with Crippen LogP contribution in [0.3, 0.4) is 0 Å². The van der Waals surface area contributed by atoms with Crippen molar-refractivity contribution in [3.05, 3.63) is 94.6 Å². The van der Waals surface area contributed by atoms with Gasteiger partial charge in [-0.1, -0.05) is 24.3 Å². The number of carboxylic acid groups (broad SMARTS) is 1. The maximum absolute atomic E-state index is 12.6. The lowest BCUT2D eigenvalue weighted by Crippen LogP contribution is -2.33. The van der Waals surface area contributed by atoms with Crippen molar-refractivity contribution in [1.82, 2.24) is 19.4 Å². The van der Waals surface area contributed by atoms with E-state index in [4.69, 9.17) is 4.74 Å². The molecule has 186 valence electrons. The van der Waals surface area contributed by atoms with Crippen LogP contribution in [0.2, 0.25) is 0 Å². The van der Waals surface area contributed by atoms with E-state index in [9.17, 15) is 20.0 Å². The average Bonchev–Trinajstić information content (AvgIpc) is 3.30. The zero-order valence-corrected chi connectivity index (χ0v) is 20.3. The minimum atomic E-state index is -1.11. The first kappa shape index (κ1) is 24.2. The molecule has 2 aromatic carbocycles. The summed E-state index contributed by atoms with van der Waals surface area (Å²) in [4.78, 5) is 36.3. The van der Waals surface area contributed by atoms with Crippen molar-refractivity contribution < 1.29 is 19.4 Å². The summed E-state index contributed by atoms with van der Waals surface area (Å²) in [6.45, 7) is 0.516. The second-order valence-corrected chi connectivity index (χ2v) is 8.97. The Kier molecular flexibility index (Phi) is 6.66. The van der Waals surface area contributed by atoms with Gasteiger partial charge in [-0.3, -0.25) is 9.88 Å². The number of hydrogen-bond donors (Lipinski definition) is 1. The molecule has 0 bridgehead atoms. The van der Waals surface area contributed by atoms with Crippen LogP contribution in [-0.2, 0) is 24.2 Å². The SMILES string of the molecule is COC(=O)c1cc(C#N)ccc1CN(Cc1nc2ccccc2n1C(=O)O)C1CCCc2cccnc21. The summed E-state index contributed by atoms with van der Waals surface area (Å²) in [7, 11) is 1.31. The van der Waals surface area contributed by atoms with Gasteiger partial charge in [-0.25, -0.2) is 19.1 Å². The number of carbonyl (C=O) groups excluding carboxylic acids is 1. The smallest absolute Gasteiger partial charge is 0.417 e. The summed E-state index contributed by atoms with van der Waals surface area (Å²) in [6, 6.07) is 18.0. The molecule has 2 heterocycles. The van der Waals surface area contributed by atoms with Gasteiger partial charge >= 0.3 is 12.1 Å². The number of methoxy groups -OCH3 is 1. The number of rotatable bonds is 6. The van der Waals surface area contributed by atoms with Crippen LogP contribution in [0.4, 0.5) is 4.79 Å². The number of esters is 1. The van der Waals surface area contributed by atoms with E-state index in [0.29, 0.717) is 40.1 Å². The average molecular weight is 496 g/mol. The van der Waals surface area contributed by atoms with E-state index >= 15 is 0 Å². The van der Waals surface area contributed by atoms with E-state index in [2.05, 4.69) is 27.0 Å². The monoisotopic (exact) mass is 495 g/mol. The van der Waals surface area contributed by atoms with E-state index < -0.39 is 12.1 Å². The molecule has 0 aliphatic heterocycles. The number of imidazole rings is 1. The Balaban J connectivity index is 1.62. The third kappa shape index (κ3) is 4.67. The summed E-state index contributed by atoms with van der Waals surface area (Å²) in [5.41, 5.74) is 4.54. The van der Waals surface area contributed by atoms with Crippen LogP contribution in [0.5, 0.6) is 0 Å². The van der Waals surface area contributed by atoms with Crippen LogP contribution in [0.25, 0.3) is 11.0 Å². The van der Waals surface area contributed by atoms with Crippen LogP contribution in [0, 0.1) is 11.3 Å². The number of aryl methyl sites for hydroxylation is 1. The van der Waals surface area contributed by atoms with E-state index in [0.717, 1.165) is 30.5 Å². The normalized spacial score (nSPS) is 14.8. The summed E-state index contributed by atoms with van der Waals surface area (Å²) >= 11 is 0. The molecule has 0 saturated heterocycles. The highest BCUT2D eigenvalue weighted by atomic mass is 16.5. The molecule has 37 heavy (non-hydrogen) atoms. The van der Waals surface area contributed by atoms with Crippen molar-refractivity contribution in [3.8, 4) is 6.07 Å². The highest BCUT2D eigenvalue weighted by Crippen LogP contribution is 2.35. The summed E-state index contributed by atoms with van der Waals surface area (Å²) in [5, 5.41) is 19.4. The minimum Gasteiger partial charge on any atom is -0.465 e. The Morgan fingerprint density at radius 3 is 2.81 bits per heavy atom. The molecule has 9 nitrogen and oxygen atoms in total. The molecule has 0 spiro atoms. The highest BCUT2D eigenvalue weighted by Gasteiger charge is 2.30. The first-order valence-corrected chi connectivity index (χ1v) is 12.0. The summed E-state index contributed by atoms with van der Waals surface area (Å²) in [5.74, 6) is -0.156. The Morgan fingerprint density at radius 1 is 1.19 bits per heavy atom. The number of carbonyl (C=O) groups is 2. The molecular weight excluding hydrogens is 470 g/mol. The van der Waals surface area contributed by atoms with E-state index in [1.54, 1.807) is 36.5 Å². The highest BCUT2D eigenvalue weighted by molar-refractivity contribution is 5.91. The molecular formula is C28H25N5O4. The number of fused-ring (bicyclic) bond motifs is 2. The van der Waals surface area contributed by atoms with Crippen LogP contribution in [0.1, 0.15) is 57.5 Å². The molecule has 5 rings (SSSR count). The molecule has 1 atom stereocenters. The lowest BCUT2D eigenvalue weighted by Gasteiger charge is -2.35. The van der Waals surface area contributed by atoms with Gasteiger partial charge in [-0.2, -0.15) is 5.26 Å². The Morgan fingerprint density at radius 2 is 2.03 bits per heavy atom. The summed E-state index contributed by atoms with van der Waals surface area (Å²) in [6.07, 6.45) is 3.35. The number of benzene rings is 2. The van der Waals surface area contributed by atoms with Crippen LogP contribution in [-0.4, -0.2) is 43.7 Å².